The number of hydrogen-bond donors (Lipinski definition) is 0. The van der Waals surface area contributed by atoms with E-state index in [9.17, 15) is 0 Å². The van der Waals surface area contributed by atoms with Crippen LogP contribution >= 0.6 is 0 Å². The number of furan rings is 1. The smallest absolute Gasteiger partial charge is 0.238 e. The van der Waals surface area contributed by atoms with Crippen molar-refractivity contribution in [2.24, 2.45) is 0 Å². The predicted molar refractivity (Wildman–Crippen MR) is 259 cm³/mol. The van der Waals surface area contributed by atoms with E-state index in [4.69, 9.17) is 14.4 Å². The monoisotopic (exact) mass is 795 g/mol. The van der Waals surface area contributed by atoms with Crippen LogP contribution in [0.1, 0.15) is 26.3 Å². The van der Waals surface area contributed by atoms with Crippen molar-refractivity contribution in [3.05, 3.63) is 200 Å². The van der Waals surface area contributed by atoms with Gasteiger partial charge in [-0.05, 0) is 102 Å². The molecule has 0 spiro atoms. The van der Waals surface area contributed by atoms with E-state index in [1.54, 1.807) is 0 Å². The highest BCUT2D eigenvalue weighted by Gasteiger charge is 2.22. The van der Waals surface area contributed by atoms with Gasteiger partial charge in [-0.1, -0.05) is 178 Å². The van der Waals surface area contributed by atoms with Crippen molar-refractivity contribution in [2.75, 3.05) is 0 Å². The van der Waals surface area contributed by atoms with Gasteiger partial charge < -0.3 is 4.42 Å². The van der Waals surface area contributed by atoms with Gasteiger partial charge in [0.25, 0.3) is 0 Å². The third-order valence-electron chi connectivity index (χ3n) is 12.6. The van der Waals surface area contributed by atoms with Crippen LogP contribution in [0.3, 0.4) is 0 Å². The Morgan fingerprint density at radius 3 is 1.87 bits per heavy atom. The fraction of sp³-hybridized carbons (Fsp3) is 0.0690. The van der Waals surface area contributed by atoms with Crippen molar-refractivity contribution in [2.45, 2.75) is 26.2 Å². The minimum absolute atomic E-state index is 0.0823. The quantitative estimate of drug-likeness (QED) is 0.174. The van der Waals surface area contributed by atoms with Crippen LogP contribution in [0.5, 0.6) is 0 Å². The fourth-order valence-corrected chi connectivity index (χ4v) is 9.46. The molecule has 3 heterocycles. The molecule has 62 heavy (non-hydrogen) atoms. The maximum Gasteiger partial charge on any atom is 0.238 e. The number of nitrogens with zero attached hydrogens (tertiary/aromatic N) is 3. The first kappa shape index (κ1) is 36.1. The van der Waals surface area contributed by atoms with Crippen molar-refractivity contribution in [1.82, 2.24) is 14.5 Å². The molecule has 4 nitrogen and oxygen atoms in total. The van der Waals surface area contributed by atoms with E-state index < -0.39 is 0 Å². The van der Waals surface area contributed by atoms with Crippen LogP contribution in [0.25, 0.3) is 116 Å². The van der Waals surface area contributed by atoms with Crippen LogP contribution in [-0.4, -0.2) is 14.5 Å². The molecule has 4 heteroatoms. The molecule has 3 aromatic heterocycles. The Kier molecular flexibility index (Phi) is 8.07. The molecule has 0 radical (unpaired) electrons. The molecule has 0 amide bonds. The summed E-state index contributed by atoms with van der Waals surface area (Å²) in [5, 5.41) is 9.06. The van der Waals surface area contributed by atoms with Gasteiger partial charge in [-0.3, -0.25) is 4.57 Å². The van der Waals surface area contributed by atoms with Gasteiger partial charge in [-0.2, -0.15) is 4.98 Å². The van der Waals surface area contributed by atoms with Crippen molar-refractivity contribution >= 4 is 65.4 Å². The van der Waals surface area contributed by atoms with E-state index in [2.05, 4.69) is 207 Å². The number of hydrogen-bond acceptors (Lipinski definition) is 3. The lowest BCUT2D eigenvalue weighted by Crippen LogP contribution is -2.10. The normalized spacial score (nSPS) is 12.1. The maximum atomic E-state index is 6.59. The highest BCUT2D eigenvalue weighted by Crippen LogP contribution is 2.42. The van der Waals surface area contributed by atoms with Crippen molar-refractivity contribution < 1.29 is 4.42 Å². The topological polar surface area (TPSA) is 43.9 Å². The first-order valence-electron chi connectivity index (χ1n) is 21.3. The molecule has 12 aromatic rings. The van der Waals surface area contributed by atoms with Crippen LogP contribution in [0, 0.1) is 0 Å². The number of fused-ring (bicyclic) bond motifs is 8. The summed E-state index contributed by atoms with van der Waals surface area (Å²) in [6.07, 6.45) is 0. The Morgan fingerprint density at radius 1 is 0.419 bits per heavy atom. The zero-order valence-electron chi connectivity index (χ0n) is 34.7. The zero-order chi connectivity index (χ0) is 41.5. The molecule has 294 valence electrons. The first-order chi connectivity index (χ1) is 30.4. The Bertz CT molecular complexity index is 3730. The highest BCUT2D eigenvalue weighted by molar-refractivity contribution is 6.13. The van der Waals surface area contributed by atoms with E-state index in [0.717, 1.165) is 60.5 Å². The molecular formula is C58H41N3O. The molecule has 0 aliphatic rings. The van der Waals surface area contributed by atoms with Gasteiger partial charge in [0.15, 0.2) is 0 Å². The third-order valence-corrected chi connectivity index (χ3v) is 12.6. The molecule has 0 N–H and O–H groups in total. The molecule has 0 saturated heterocycles. The molecule has 9 aromatic carbocycles. The summed E-state index contributed by atoms with van der Waals surface area (Å²) in [5.41, 5.74) is 13.7. The molecule has 12 rings (SSSR count). The van der Waals surface area contributed by atoms with E-state index in [1.165, 1.54) is 49.4 Å². The highest BCUT2D eigenvalue weighted by atomic mass is 16.3. The third kappa shape index (κ3) is 5.83. The summed E-state index contributed by atoms with van der Waals surface area (Å²) in [6.45, 7) is 6.78. The number of aromatic nitrogens is 3. The lowest BCUT2D eigenvalue weighted by atomic mass is 9.85. The average Bonchev–Trinajstić information content (AvgIpc) is 3.86. The fourth-order valence-electron chi connectivity index (χ4n) is 9.46. The van der Waals surface area contributed by atoms with Crippen LogP contribution in [-0.2, 0) is 5.41 Å². The SMILES string of the molecule is CC(C)(C)c1ccc(-c2cccc3cccc(-c4cccc(-c5nc(-n6c7ccccc7c7cc(-c8ccc9ccccc9c8)ccc76)nc6oc7ccccc7c56)c4)c23)cc1. The van der Waals surface area contributed by atoms with Crippen molar-refractivity contribution in [1.29, 1.82) is 0 Å². The maximum absolute atomic E-state index is 6.59. The van der Waals surface area contributed by atoms with E-state index in [1.807, 2.05) is 12.1 Å². The summed E-state index contributed by atoms with van der Waals surface area (Å²) in [4.78, 5) is 10.8. The number of para-hydroxylation sites is 2. The summed E-state index contributed by atoms with van der Waals surface area (Å²) < 4.78 is 8.78. The second kappa shape index (κ2) is 13.9. The summed E-state index contributed by atoms with van der Waals surface area (Å²) in [6, 6.07) is 69.8. The number of benzene rings is 9. The first-order valence-corrected chi connectivity index (χ1v) is 21.3. The average molecular weight is 796 g/mol. The molecule has 0 atom stereocenters. The Morgan fingerprint density at radius 2 is 1.05 bits per heavy atom. The summed E-state index contributed by atoms with van der Waals surface area (Å²) in [7, 11) is 0. The lowest BCUT2D eigenvalue weighted by Gasteiger charge is -2.19. The van der Waals surface area contributed by atoms with Gasteiger partial charge in [-0.15, -0.1) is 0 Å². The van der Waals surface area contributed by atoms with Gasteiger partial charge in [0.1, 0.15) is 5.58 Å². The minimum atomic E-state index is 0.0823. The van der Waals surface area contributed by atoms with Crippen LogP contribution in [0.2, 0.25) is 0 Å². The van der Waals surface area contributed by atoms with Crippen molar-refractivity contribution in [3.63, 3.8) is 0 Å². The Labute approximate surface area is 359 Å². The Hall–Kier alpha value is -7.82. The molecule has 0 fully saturated rings. The van der Waals surface area contributed by atoms with Crippen LogP contribution in [0.4, 0.5) is 0 Å². The minimum Gasteiger partial charge on any atom is -0.437 e. The molecular weight excluding hydrogens is 755 g/mol. The summed E-state index contributed by atoms with van der Waals surface area (Å²) in [5.74, 6) is 0.563. The van der Waals surface area contributed by atoms with Gasteiger partial charge in [0.2, 0.25) is 11.7 Å². The zero-order valence-corrected chi connectivity index (χ0v) is 34.7. The van der Waals surface area contributed by atoms with E-state index in [0.29, 0.717) is 11.7 Å². The van der Waals surface area contributed by atoms with E-state index >= 15 is 0 Å². The van der Waals surface area contributed by atoms with Crippen LogP contribution in [0.15, 0.2) is 199 Å². The standard InChI is InChI=1S/C58H41N3O/c1-58(2,3)44-30-27-37(28-31-44)45-21-11-15-38-16-12-22-46(53(38)45)42-17-10-18-43(34-42)55-54-48-20-7-9-24-52(48)62-56(54)60-57(59-55)61-50-23-8-6-19-47(50)49-35-41(29-32-51(49)61)40-26-25-36-13-4-5-14-39(36)33-40/h4-35H,1-3H3. The van der Waals surface area contributed by atoms with E-state index in [-0.39, 0.29) is 5.41 Å². The number of rotatable bonds is 5. The molecule has 0 aliphatic carbocycles. The molecule has 0 unspecified atom stereocenters. The second-order valence-corrected chi connectivity index (χ2v) is 17.4. The molecule has 0 saturated carbocycles. The predicted octanol–water partition coefficient (Wildman–Crippen LogP) is 15.7. The van der Waals surface area contributed by atoms with Gasteiger partial charge >= 0.3 is 0 Å². The molecule has 0 bridgehead atoms. The largest absolute Gasteiger partial charge is 0.437 e. The lowest BCUT2D eigenvalue weighted by molar-refractivity contribution is 0.590. The molecule has 0 aliphatic heterocycles. The van der Waals surface area contributed by atoms with Gasteiger partial charge in [0, 0.05) is 21.7 Å². The van der Waals surface area contributed by atoms with Gasteiger partial charge in [-0.25, -0.2) is 4.98 Å². The summed E-state index contributed by atoms with van der Waals surface area (Å²) >= 11 is 0. The van der Waals surface area contributed by atoms with Crippen molar-refractivity contribution in [3.8, 4) is 50.6 Å². The Balaban J connectivity index is 1.05. The van der Waals surface area contributed by atoms with Gasteiger partial charge in [0.05, 0.1) is 22.1 Å². The second-order valence-electron chi connectivity index (χ2n) is 17.4. The van der Waals surface area contributed by atoms with Crippen LogP contribution < -0.4 is 0 Å².